The molecule has 164 valence electrons. The highest BCUT2D eigenvalue weighted by Gasteiger charge is 2.20. The minimum absolute atomic E-state index is 0.120. The van der Waals surface area contributed by atoms with Crippen molar-refractivity contribution in [3.05, 3.63) is 103 Å². The van der Waals surface area contributed by atoms with Crippen LogP contribution in [-0.4, -0.2) is 14.8 Å². The predicted octanol–water partition coefficient (Wildman–Crippen LogP) is 7.77. The molecule has 0 saturated heterocycles. The molecule has 1 aliphatic rings. The Morgan fingerprint density at radius 3 is 1.76 bits per heavy atom. The van der Waals surface area contributed by atoms with Crippen molar-refractivity contribution in [3.63, 3.8) is 0 Å². The van der Waals surface area contributed by atoms with Crippen LogP contribution in [0.3, 0.4) is 0 Å². The normalized spacial score (nSPS) is 13.7. The van der Waals surface area contributed by atoms with E-state index in [0.29, 0.717) is 0 Å². The van der Waals surface area contributed by atoms with Gasteiger partial charge in [0.25, 0.3) is 0 Å². The molecular formula is C30H29N3. The van der Waals surface area contributed by atoms with Crippen LogP contribution in [0, 0.1) is 0 Å². The van der Waals surface area contributed by atoms with Crippen molar-refractivity contribution in [2.24, 2.45) is 0 Å². The molecule has 1 aliphatic carbocycles. The summed E-state index contributed by atoms with van der Waals surface area (Å²) in [5, 5.41) is 9.32. The van der Waals surface area contributed by atoms with E-state index < -0.39 is 0 Å². The van der Waals surface area contributed by atoms with Crippen LogP contribution >= 0.6 is 0 Å². The highest BCUT2D eigenvalue weighted by molar-refractivity contribution is 5.73. The first-order valence-corrected chi connectivity index (χ1v) is 11.6. The van der Waals surface area contributed by atoms with Crippen molar-refractivity contribution in [3.8, 4) is 33.9 Å². The minimum atomic E-state index is 0.120. The molecule has 1 heterocycles. The van der Waals surface area contributed by atoms with E-state index in [9.17, 15) is 0 Å². The molecule has 0 fully saturated rings. The summed E-state index contributed by atoms with van der Waals surface area (Å²) < 4.78 is 2.23. The summed E-state index contributed by atoms with van der Waals surface area (Å²) in [6.07, 6.45) is 8.52. The fourth-order valence-corrected chi connectivity index (χ4v) is 4.27. The molecule has 3 aromatic carbocycles. The van der Waals surface area contributed by atoms with Gasteiger partial charge in [0, 0.05) is 16.8 Å². The van der Waals surface area contributed by atoms with Crippen LogP contribution < -0.4 is 0 Å². The van der Waals surface area contributed by atoms with E-state index in [0.717, 1.165) is 35.6 Å². The standard InChI is InChI=1S/C30H29N3/c1-30(2,3)26-20-18-25(19-21-26)29-32-31-28(33(29)27-12-8-5-9-13-27)24-16-14-23(15-17-24)22-10-6-4-7-11-22/h4-8,10-12,14-21H,9,13H2,1-3H3. The van der Waals surface area contributed by atoms with E-state index in [-0.39, 0.29) is 5.41 Å². The molecule has 3 heteroatoms. The van der Waals surface area contributed by atoms with Gasteiger partial charge in [0.1, 0.15) is 0 Å². The zero-order valence-electron chi connectivity index (χ0n) is 19.5. The second-order valence-electron chi connectivity index (χ2n) is 9.58. The molecule has 0 radical (unpaired) electrons. The quantitative estimate of drug-likeness (QED) is 0.330. The molecular weight excluding hydrogens is 402 g/mol. The fourth-order valence-electron chi connectivity index (χ4n) is 4.27. The third kappa shape index (κ3) is 4.31. The lowest BCUT2D eigenvalue weighted by Crippen LogP contribution is -2.10. The molecule has 3 nitrogen and oxygen atoms in total. The summed E-state index contributed by atoms with van der Waals surface area (Å²) in [5.41, 5.74) is 7.21. The van der Waals surface area contributed by atoms with Crippen molar-refractivity contribution in [2.75, 3.05) is 0 Å². The Balaban J connectivity index is 1.58. The van der Waals surface area contributed by atoms with Crippen LogP contribution in [-0.2, 0) is 5.41 Å². The van der Waals surface area contributed by atoms with Crippen molar-refractivity contribution >= 4 is 5.70 Å². The van der Waals surface area contributed by atoms with Gasteiger partial charge in [0.15, 0.2) is 11.6 Å². The van der Waals surface area contributed by atoms with E-state index in [1.165, 1.54) is 22.4 Å². The molecule has 5 rings (SSSR count). The number of allylic oxidation sites excluding steroid dienone is 4. The number of nitrogens with zero attached hydrogens (tertiary/aromatic N) is 3. The molecule has 4 aromatic rings. The number of hydrogen-bond acceptors (Lipinski definition) is 2. The maximum absolute atomic E-state index is 4.66. The summed E-state index contributed by atoms with van der Waals surface area (Å²) in [5.74, 6) is 1.77. The molecule has 0 amide bonds. The SMILES string of the molecule is CC(C)(C)c1ccc(-c2nnc(-c3ccc(-c4ccccc4)cc3)n2C2=CC=CCC2)cc1. The van der Waals surface area contributed by atoms with Gasteiger partial charge in [-0.05, 0) is 41.0 Å². The van der Waals surface area contributed by atoms with Gasteiger partial charge < -0.3 is 0 Å². The summed E-state index contributed by atoms with van der Waals surface area (Å²) in [7, 11) is 0. The van der Waals surface area contributed by atoms with Crippen molar-refractivity contribution < 1.29 is 0 Å². The van der Waals surface area contributed by atoms with Crippen molar-refractivity contribution in [1.29, 1.82) is 0 Å². The van der Waals surface area contributed by atoms with Gasteiger partial charge in [-0.3, -0.25) is 4.57 Å². The van der Waals surface area contributed by atoms with E-state index in [1.807, 2.05) is 6.07 Å². The maximum atomic E-state index is 4.66. The third-order valence-corrected chi connectivity index (χ3v) is 6.20. The molecule has 0 unspecified atom stereocenters. The number of benzene rings is 3. The monoisotopic (exact) mass is 431 g/mol. The summed E-state index contributed by atoms with van der Waals surface area (Å²) in [6.45, 7) is 6.71. The van der Waals surface area contributed by atoms with E-state index >= 15 is 0 Å². The molecule has 0 N–H and O–H groups in total. The number of aromatic nitrogens is 3. The highest BCUT2D eigenvalue weighted by Crippen LogP contribution is 2.33. The lowest BCUT2D eigenvalue weighted by atomic mass is 9.86. The van der Waals surface area contributed by atoms with Crippen LogP contribution in [0.15, 0.2) is 97.1 Å². The van der Waals surface area contributed by atoms with Gasteiger partial charge in [-0.2, -0.15) is 0 Å². The summed E-state index contributed by atoms with van der Waals surface area (Å²) in [4.78, 5) is 0. The van der Waals surface area contributed by atoms with Crippen molar-refractivity contribution in [1.82, 2.24) is 14.8 Å². The fraction of sp³-hybridized carbons (Fsp3) is 0.200. The minimum Gasteiger partial charge on any atom is -0.279 e. The maximum Gasteiger partial charge on any atom is 0.168 e. The molecule has 0 aliphatic heterocycles. The van der Waals surface area contributed by atoms with Gasteiger partial charge in [0.05, 0.1) is 0 Å². The molecule has 0 bridgehead atoms. The zero-order valence-corrected chi connectivity index (χ0v) is 19.5. The van der Waals surface area contributed by atoms with Gasteiger partial charge in [0.2, 0.25) is 0 Å². The highest BCUT2D eigenvalue weighted by atomic mass is 15.3. The zero-order chi connectivity index (χ0) is 22.8. The summed E-state index contributed by atoms with van der Waals surface area (Å²) in [6, 6.07) is 27.8. The second kappa shape index (κ2) is 8.67. The Bertz CT molecular complexity index is 1300. The molecule has 33 heavy (non-hydrogen) atoms. The average Bonchev–Trinajstić information content (AvgIpc) is 3.30. The third-order valence-electron chi connectivity index (χ3n) is 6.20. The van der Waals surface area contributed by atoms with E-state index in [1.54, 1.807) is 0 Å². The first-order chi connectivity index (χ1) is 16.0. The lowest BCUT2D eigenvalue weighted by Gasteiger charge is -2.19. The Kier molecular flexibility index (Phi) is 5.55. The van der Waals surface area contributed by atoms with Crippen LogP contribution in [0.1, 0.15) is 39.2 Å². The van der Waals surface area contributed by atoms with Crippen LogP contribution in [0.2, 0.25) is 0 Å². The second-order valence-corrected chi connectivity index (χ2v) is 9.58. The Hall–Kier alpha value is -3.72. The Morgan fingerprint density at radius 2 is 1.21 bits per heavy atom. The number of hydrogen-bond donors (Lipinski definition) is 0. The summed E-state index contributed by atoms with van der Waals surface area (Å²) >= 11 is 0. The topological polar surface area (TPSA) is 30.7 Å². The van der Waals surface area contributed by atoms with Gasteiger partial charge >= 0.3 is 0 Å². The molecule has 0 saturated carbocycles. The van der Waals surface area contributed by atoms with E-state index in [2.05, 4.69) is 127 Å². The van der Waals surface area contributed by atoms with E-state index in [4.69, 9.17) is 0 Å². The van der Waals surface area contributed by atoms with Gasteiger partial charge in [-0.1, -0.05) is 112 Å². The first kappa shape index (κ1) is 21.1. The lowest BCUT2D eigenvalue weighted by molar-refractivity contribution is 0.590. The van der Waals surface area contributed by atoms with Gasteiger partial charge in [-0.25, -0.2) is 0 Å². The average molecular weight is 432 g/mol. The van der Waals surface area contributed by atoms with Crippen molar-refractivity contribution in [2.45, 2.75) is 39.0 Å². The van der Waals surface area contributed by atoms with Crippen LogP contribution in [0.5, 0.6) is 0 Å². The molecule has 0 spiro atoms. The van der Waals surface area contributed by atoms with Crippen LogP contribution in [0.4, 0.5) is 0 Å². The smallest absolute Gasteiger partial charge is 0.168 e. The van der Waals surface area contributed by atoms with Crippen LogP contribution in [0.25, 0.3) is 39.6 Å². The molecule has 0 atom stereocenters. The Morgan fingerprint density at radius 1 is 0.667 bits per heavy atom. The van der Waals surface area contributed by atoms with Gasteiger partial charge in [-0.15, -0.1) is 10.2 Å². The first-order valence-electron chi connectivity index (χ1n) is 11.6. The number of rotatable bonds is 4. The Labute approximate surface area is 196 Å². The molecule has 1 aromatic heterocycles. The predicted molar refractivity (Wildman–Crippen MR) is 138 cm³/mol. The largest absolute Gasteiger partial charge is 0.279 e.